The van der Waals surface area contributed by atoms with E-state index in [9.17, 15) is 18.0 Å². The quantitative estimate of drug-likeness (QED) is 0.644. The van der Waals surface area contributed by atoms with E-state index in [0.29, 0.717) is 0 Å². The normalized spacial score (nSPS) is 31.2. The number of hydrogen-bond acceptors (Lipinski definition) is 3. The summed E-state index contributed by atoms with van der Waals surface area (Å²) in [6, 6.07) is 0. The van der Waals surface area contributed by atoms with Crippen LogP contribution in [0.25, 0.3) is 0 Å². The summed E-state index contributed by atoms with van der Waals surface area (Å²) in [5, 5.41) is 1.40. The Hall–Kier alpha value is -1.37. The van der Waals surface area contributed by atoms with E-state index in [1.165, 1.54) is 5.01 Å². The highest BCUT2D eigenvalue weighted by molar-refractivity contribution is 5.89. The van der Waals surface area contributed by atoms with Gasteiger partial charge in [0, 0.05) is 13.3 Å². The maximum absolute atomic E-state index is 12.3. The van der Waals surface area contributed by atoms with E-state index in [1.54, 1.807) is 7.05 Å². The topological polar surface area (TPSA) is 44.7 Å². The van der Waals surface area contributed by atoms with Gasteiger partial charge in [-0.25, -0.2) is 0 Å². The van der Waals surface area contributed by atoms with Gasteiger partial charge >= 0.3 is 6.18 Å². The number of hydrogen-bond donors (Lipinski definition) is 1. The number of hydrazine groups is 1. The lowest BCUT2D eigenvalue weighted by Gasteiger charge is -2.20. The third-order valence-corrected chi connectivity index (χ3v) is 2.36. The summed E-state index contributed by atoms with van der Waals surface area (Å²) in [7, 11) is 1.56. The van der Waals surface area contributed by atoms with E-state index in [2.05, 4.69) is 10.4 Å². The number of nitrogens with zero attached hydrogens (tertiary/aromatic N) is 2. The number of fused-ring (bicyclic) bond motifs is 1. The molecule has 0 saturated carbocycles. The molecular formula is C8H8F3N3O. The average Bonchev–Trinajstić information content (AvgIpc) is 2.41. The Kier molecular flexibility index (Phi) is 2.07. The zero-order valence-electron chi connectivity index (χ0n) is 7.75. The van der Waals surface area contributed by atoms with E-state index in [-0.39, 0.29) is 0 Å². The number of halogens is 3. The fourth-order valence-corrected chi connectivity index (χ4v) is 1.61. The molecule has 2 atom stereocenters. The average molecular weight is 219 g/mol. The SMILES string of the molecule is CN1NC(=O)C2C=C(C(F)(F)F)C=NC21. The Morgan fingerprint density at radius 2 is 2.20 bits per heavy atom. The maximum atomic E-state index is 12.3. The van der Waals surface area contributed by atoms with Crippen LogP contribution in [0.4, 0.5) is 13.2 Å². The molecular weight excluding hydrogens is 211 g/mol. The molecule has 4 nitrogen and oxygen atoms in total. The predicted molar refractivity (Wildman–Crippen MR) is 45.8 cm³/mol. The zero-order valence-corrected chi connectivity index (χ0v) is 7.75. The molecule has 1 amide bonds. The number of allylic oxidation sites excluding steroid dienone is 1. The van der Waals surface area contributed by atoms with Crippen LogP contribution in [0.15, 0.2) is 16.6 Å². The van der Waals surface area contributed by atoms with Gasteiger partial charge in [0.25, 0.3) is 0 Å². The van der Waals surface area contributed by atoms with Crippen molar-refractivity contribution in [1.29, 1.82) is 0 Å². The van der Waals surface area contributed by atoms with Gasteiger partial charge in [0.15, 0.2) is 0 Å². The number of alkyl halides is 3. The van der Waals surface area contributed by atoms with Crippen molar-refractivity contribution < 1.29 is 18.0 Å². The minimum Gasteiger partial charge on any atom is -0.286 e. The van der Waals surface area contributed by atoms with Gasteiger partial charge in [-0.2, -0.15) is 18.2 Å². The Morgan fingerprint density at radius 1 is 1.53 bits per heavy atom. The van der Waals surface area contributed by atoms with Gasteiger partial charge in [-0.15, -0.1) is 0 Å². The van der Waals surface area contributed by atoms with Gasteiger partial charge in [-0.3, -0.25) is 15.2 Å². The van der Waals surface area contributed by atoms with Crippen molar-refractivity contribution >= 4 is 12.1 Å². The number of dihydropyridines is 1. The van der Waals surface area contributed by atoms with Crippen LogP contribution in [0.5, 0.6) is 0 Å². The summed E-state index contributed by atoms with van der Waals surface area (Å²) >= 11 is 0. The van der Waals surface area contributed by atoms with Crippen LogP contribution in [0.3, 0.4) is 0 Å². The molecule has 2 heterocycles. The lowest BCUT2D eigenvalue weighted by Crippen LogP contribution is -2.34. The molecule has 2 unspecified atom stereocenters. The highest BCUT2D eigenvalue weighted by atomic mass is 19.4. The van der Waals surface area contributed by atoms with E-state index < -0.39 is 29.7 Å². The molecule has 1 N–H and O–H groups in total. The number of amides is 1. The van der Waals surface area contributed by atoms with Crippen LogP contribution < -0.4 is 5.43 Å². The van der Waals surface area contributed by atoms with Gasteiger partial charge in [0.05, 0.1) is 11.5 Å². The molecule has 0 spiro atoms. The fraction of sp³-hybridized carbons (Fsp3) is 0.500. The summed E-state index contributed by atoms with van der Waals surface area (Å²) in [5.74, 6) is -1.31. The summed E-state index contributed by atoms with van der Waals surface area (Å²) in [6.07, 6.45) is -3.34. The van der Waals surface area contributed by atoms with Crippen molar-refractivity contribution in [2.45, 2.75) is 12.3 Å². The fourth-order valence-electron chi connectivity index (χ4n) is 1.61. The first-order valence-electron chi connectivity index (χ1n) is 4.25. The number of rotatable bonds is 0. The van der Waals surface area contributed by atoms with Crippen molar-refractivity contribution in [3.63, 3.8) is 0 Å². The predicted octanol–water partition coefficient (Wildman–Crippen LogP) is 0.478. The van der Waals surface area contributed by atoms with Crippen molar-refractivity contribution in [1.82, 2.24) is 10.4 Å². The monoisotopic (exact) mass is 219 g/mol. The highest BCUT2D eigenvalue weighted by Gasteiger charge is 2.43. The second-order valence-electron chi connectivity index (χ2n) is 3.42. The molecule has 0 aromatic carbocycles. The summed E-state index contributed by atoms with van der Waals surface area (Å²) < 4.78 is 37.0. The van der Waals surface area contributed by atoms with Crippen LogP contribution >= 0.6 is 0 Å². The van der Waals surface area contributed by atoms with Crippen LogP contribution in [-0.4, -0.2) is 36.5 Å². The van der Waals surface area contributed by atoms with Gasteiger partial charge in [-0.05, 0) is 0 Å². The van der Waals surface area contributed by atoms with Crippen molar-refractivity contribution in [3.05, 3.63) is 11.6 Å². The number of aliphatic imine (C=N–C) groups is 1. The molecule has 2 aliphatic rings. The van der Waals surface area contributed by atoms with Crippen LogP contribution in [0.1, 0.15) is 0 Å². The molecule has 2 aliphatic heterocycles. The molecule has 2 rings (SSSR count). The Labute approximate surface area is 83.4 Å². The van der Waals surface area contributed by atoms with Gasteiger partial charge in [-0.1, -0.05) is 6.08 Å². The number of carbonyl (C=O) groups excluding carboxylic acids is 1. The molecule has 0 radical (unpaired) electrons. The Bertz CT molecular complexity index is 361. The molecule has 0 bridgehead atoms. The van der Waals surface area contributed by atoms with Crippen molar-refractivity contribution in [3.8, 4) is 0 Å². The first-order chi connectivity index (χ1) is 6.89. The summed E-state index contributed by atoms with van der Waals surface area (Å²) in [6.45, 7) is 0. The van der Waals surface area contributed by atoms with Crippen molar-refractivity contribution in [2.24, 2.45) is 10.9 Å². The zero-order chi connectivity index (χ0) is 11.2. The lowest BCUT2D eigenvalue weighted by atomic mass is 10.0. The number of carbonyl (C=O) groups is 1. The molecule has 0 aliphatic carbocycles. The van der Waals surface area contributed by atoms with Crippen LogP contribution in [-0.2, 0) is 4.79 Å². The first-order valence-corrected chi connectivity index (χ1v) is 4.25. The second-order valence-corrected chi connectivity index (χ2v) is 3.42. The third-order valence-electron chi connectivity index (χ3n) is 2.36. The molecule has 15 heavy (non-hydrogen) atoms. The molecule has 0 aromatic heterocycles. The molecule has 82 valence electrons. The van der Waals surface area contributed by atoms with Crippen LogP contribution in [0.2, 0.25) is 0 Å². The molecule has 7 heteroatoms. The van der Waals surface area contributed by atoms with Crippen LogP contribution in [0, 0.1) is 5.92 Å². The minimum absolute atomic E-state index is 0.457. The minimum atomic E-state index is -4.45. The third kappa shape index (κ3) is 1.63. The van der Waals surface area contributed by atoms with E-state index in [0.717, 1.165) is 12.3 Å². The van der Waals surface area contributed by atoms with E-state index in [1.807, 2.05) is 0 Å². The largest absolute Gasteiger partial charge is 0.417 e. The van der Waals surface area contributed by atoms with E-state index in [4.69, 9.17) is 0 Å². The van der Waals surface area contributed by atoms with Gasteiger partial charge < -0.3 is 0 Å². The molecule has 1 fully saturated rings. The summed E-state index contributed by atoms with van der Waals surface area (Å²) in [4.78, 5) is 15.0. The van der Waals surface area contributed by atoms with E-state index >= 15 is 0 Å². The Morgan fingerprint density at radius 3 is 2.80 bits per heavy atom. The standard InChI is InChI=1S/C8H8F3N3O/c1-14-6-5(7(15)13-14)2-4(3-12-6)8(9,10)11/h2-3,5-6H,1H3,(H,13,15). The lowest BCUT2D eigenvalue weighted by molar-refractivity contribution is -0.122. The smallest absolute Gasteiger partial charge is 0.286 e. The molecule has 1 saturated heterocycles. The van der Waals surface area contributed by atoms with Gasteiger partial charge in [0.1, 0.15) is 6.17 Å². The first kappa shape index (κ1) is 10.2. The second kappa shape index (κ2) is 3.06. The van der Waals surface area contributed by atoms with Gasteiger partial charge in [0.2, 0.25) is 5.91 Å². The highest BCUT2D eigenvalue weighted by Crippen LogP contribution is 2.31. The van der Waals surface area contributed by atoms with Crippen molar-refractivity contribution in [2.75, 3.05) is 7.05 Å². The number of nitrogens with one attached hydrogen (secondary N) is 1. The summed E-state index contributed by atoms with van der Waals surface area (Å²) in [5.41, 5.74) is 1.53. The molecule has 0 aromatic rings. The Balaban J connectivity index is 2.30. The maximum Gasteiger partial charge on any atom is 0.417 e.